The van der Waals surface area contributed by atoms with Crippen molar-refractivity contribution in [1.29, 1.82) is 0 Å². The molecule has 228 valence electrons. The minimum absolute atomic E-state index is 0.0264. The van der Waals surface area contributed by atoms with Gasteiger partial charge < -0.3 is 35.2 Å². The van der Waals surface area contributed by atoms with E-state index in [9.17, 15) is 24.6 Å². The van der Waals surface area contributed by atoms with Gasteiger partial charge in [0, 0.05) is 24.2 Å². The number of aryl methyl sites for hydroxylation is 1. The molecule has 3 aromatic rings. The molecule has 0 bridgehead atoms. The number of carbonyl (C=O) groups excluding carboxylic acids is 3. The van der Waals surface area contributed by atoms with E-state index in [2.05, 4.69) is 17.2 Å². The Morgan fingerprint density at radius 2 is 1.65 bits per heavy atom. The summed E-state index contributed by atoms with van der Waals surface area (Å²) in [6, 6.07) is 15.3. The lowest BCUT2D eigenvalue weighted by atomic mass is 9.98. The predicted octanol–water partition coefficient (Wildman–Crippen LogP) is 5.25. The number of nitrogens with one attached hydrogen (secondary N) is 2. The zero-order valence-corrected chi connectivity index (χ0v) is 25.1. The summed E-state index contributed by atoms with van der Waals surface area (Å²) in [4.78, 5) is 42.4. The molecule has 0 aliphatic carbocycles. The molecule has 43 heavy (non-hydrogen) atoms. The molecule has 3 rings (SSSR count). The van der Waals surface area contributed by atoms with Crippen LogP contribution in [-0.2, 0) is 20.7 Å². The van der Waals surface area contributed by atoms with Crippen LogP contribution in [0.15, 0.2) is 79.4 Å². The molecular weight excluding hydrogens is 550 g/mol. The quantitative estimate of drug-likeness (QED) is 0.224. The van der Waals surface area contributed by atoms with Gasteiger partial charge in [0.25, 0.3) is 5.91 Å². The molecule has 10 heteroatoms. The molecule has 0 spiro atoms. The zero-order chi connectivity index (χ0) is 31.7. The van der Waals surface area contributed by atoms with E-state index in [0.717, 1.165) is 0 Å². The van der Waals surface area contributed by atoms with Gasteiger partial charge in [0.2, 0.25) is 5.91 Å². The molecule has 0 radical (unpaired) electrons. The number of hydrogen-bond donors (Lipinski definition) is 4. The summed E-state index contributed by atoms with van der Waals surface area (Å²) in [6.45, 7) is 10.5. The lowest BCUT2D eigenvalue weighted by Crippen LogP contribution is -2.53. The van der Waals surface area contributed by atoms with Gasteiger partial charge in [0.15, 0.2) is 0 Å². The van der Waals surface area contributed by atoms with Gasteiger partial charge in [0.05, 0.1) is 7.11 Å². The summed E-state index contributed by atoms with van der Waals surface area (Å²) in [6.07, 6.45) is 0.670. The third kappa shape index (κ3) is 9.00. The number of carbonyl (C=O) groups is 3. The Kier molecular flexibility index (Phi) is 10.8. The van der Waals surface area contributed by atoms with Crippen LogP contribution in [0.2, 0.25) is 0 Å². The molecule has 3 aromatic carbocycles. The maximum absolute atomic E-state index is 14.3. The first-order chi connectivity index (χ1) is 20.3. The number of rotatable bonds is 11. The molecule has 3 amide bonds. The largest absolute Gasteiger partial charge is 0.508 e. The van der Waals surface area contributed by atoms with Gasteiger partial charge in [-0.05, 0) is 75.2 Å². The lowest BCUT2D eigenvalue weighted by molar-refractivity contribution is -0.140. The number of anilines is 1. The van der Waals surface area contributed by atoms with E-state index in [1.54, 1.807) is 82.3 Å². The fourth-order valence-corrected chi connectivity index (χ4v) is 4.42. The van der Waals surface area contributed by atoms with Crippen molar-refractivity contribution in [3.8, 4) is 17.2 Å². The number of hydrogen-bond acceptors (Lipinski definition) is 7. The van der Waals surface area contributed by atoms with Gasteiger partial charge in [0.1, 0.15) is 34.9 Å². The molecule has 0 saturated heterocycles. The van der Waals surface area contributed by atoms with Crippen LogP contribution in [0.25, 0.3) is 0 Å². The highest BCUT2D eigenvalue weighted by atomic mass is 16.6. The number of amides is 3. The maximum atomic E-state index is 14.3. The molecule has 0 fully saturated rings. The average molecular weight is 590 g/mol. The molecule has 10 nitrogen and oxygen atoms in total. The second-order valence-corrected chi connectivity index (χ2v) is 11.0. The maximum Gasteiger partial charge on any atom is 0.408 e. The third-order valence-corrected chi connectivity index (χ3v) is 6.46. The van der Waals surface area contributed by atoms with Crippen molar-refractivity contribution >= 4 is 23.6 Å². The second-order valence-electron chi connectivity index (χ2n) is 11.0. The number of phenols is 2. The van der Waals surface area contributed by atoms with Gasteiger partial charge in [-0.2, -0.15) is 0 Å². The monoisotopic (exact) mass is 589 g/mol. The highest BCUT2D eigenvalue weighted by molar-refractivity contribution is 5.99. The van der Waals surface area contributed by atoms with E-state index < -0.39 is 35.6 Å². The summed E-state index contributed by atoms with van der Waals surface area (Å²) in [7, 11) is 1.53. The van der Waals surface area contributed by atoms with Gasteiger partial charge >= 0.3 is 6.09 Å². The van der Waals surface area contributed by atoms with E-state index in [-0.39, 0.29) is 30.0 Å². The molecular formula is C33H39N3O7. The molecule has 0 aromatic heterocycles. The van der Waals surface area contributed by atoms with E-state index in [1.165, 1.54) is 30.2 Å². The van der Waals surface area contributed by atoms with Crippen LogP contribution in [0, 0.1) is 6.92 Å². The SMILES string of the molecule is C=CCN(C(=O)C(Cc1ccc(O)cc1)NC(=O)OC(C)(C)C)C(C(=O)Nc1ccc(OC)cc1)c1cccc(C)c1O. The van der Waals surface area contributed by atoms with Crippen molar-refractivity contribution in [3.05, 3.63) is 96.1 Å². The normalized spacial score (nSPS) is 12.4. The fraction of sp³-hybridized carbons (Fsp3) is 0.303. The van der Waals surface area contributed by atoms with Gasteiger partial charge in [-0.25, -0.2) is 4.79 Å². The van der Waals surface area contributed by atoms with Crippen molar-refractivity contribution in [3.63, 3.8) is 0 Å². The smallest absolute Gasteiger partial charge is 0.408 e. The number of aromatic hydroxyl groups is 2. The summed E-state index contributed by atoms with van der Waals surface area (Å²) in [5.74, 6) is -0.712. The number of alkyl carbamates (subject to hydrolysis) is 1. The van der Waals surface area contributed by atoms with Crippen LogP contribution in [0.3, 0.4) is 0 Å². The van der Waals surface area contributed by atoms with Crippen molar-refractivity contribution < 1.29 is 34.1 Å². The van der Waals surface area contributed by atoms with Crippen molar-refractivity contribution in [2.75, 3.05) is 19.0 Å². The van der Waals surface area contributed by atoms with Crippen LogP contribution < -0.4 is 15.4 Å². The highest BCUT2D eigenvalue weighted by Crippen LogP contribution is 2.33. The summed E-state index contributed by atoms with van der Waals surface area (Å²) in [5, 5.41) is 26.3. The second kappa shape index (κ2) is 14.3. The molecule has 4 N–H and O–H groups in total. The Balaban J connectivity index is 2.07. The highest BCUT2D eigenvalue weighted by Gasteiger charge is 2.37. The Morgan fingerprint density at radius 1 is 1.00 bits per heavy atom. The third-order valence-electron chi connectivity index (χ3n) is 6.46. The van der Waals surface area contributed by atoms with E-state index >= 15 is 0 Å². The molecule has 2 unspecified atom stereocenters. The minimum atomic E-state index is -1.31. The standard InChI is InChI=1S/C33H39N3O7/c1-7-19-36(31(40)27(35-32(41)43-33(3,4)5)20-22-11-15-24(37)16-12-22)28(26-10-8-9-21(2)29(26)38)30(39)34-23-13-17-25(42-6)18-14-23/h7-18,27-28,37-38H,1,19-20H2,2-6H3,(H,34,39)(H,35,41). The van der Waals surface area contributed by atoms with E-state index in [1.807, 2.05) is 0 Å². The number of benzene rings is 3. The van der Waals surface area contributed by atoms with Gasteiger partial charge in [-0.3, -0.25) is 9.59 Å². The number of nitrogens with zero attached hydrogens (tertiary/aromatic N) is 1. The van der Waals surface area contributed by atoms with E-state index in [4.69, 9.17) is 9.47 Å². The van der Waals surface area contributed by atoms with Crippen LogP contribution in [0.5, 0.6) is 17.2 Å². The lowest BCUT2D eigenvalue weighted by Gasteiger charge is -2.34. The summed E-state index contributed by atoms with van der Waals surface area (Å²) in [5.41, 5.74) is 0.968. The fourth-order valence-electron chi connectivity index (χ4n) is 4.42. The first-order valence-corrected chi connectivity index (χ1v) is 13.7. The topological polar surface area (TPSA) is 137 Å². The number of phenolic OH excluding ortho intramolecular Hbond substituents is 2. The Bertz CT molecular complexity index is 1430. The number of methoxy groups -OCH3 is 1. The average Bonchev–Trinajstić information content (AvgIpc) is 2.94. The Labute approximate surface area is 251 Å². The summed E-state index contributed by atoms with van der Waals surface area (Å²) >= 11 is 0. The zero-order valence-electron chi connectivity index (χ0n) is 25.1. The molecule has 0 heterocycles. The van der Waals surface area contributed by atoms with Crippen molar-refractivity contribution in [2.45, 2.75) is 51.8 Å². The van der Waals surface area contributed by atoms with Crippen molar-refractivity contribution in [1.82, 2.24) is 10.2 Å². The summed E-state index contributed by atoms with van der Waals surface area (Å²) < 4.78 is 10.6. The molecule has 0 aliphatic rings. The molecule has 0 saturated carbocycles. The predicted molar refractivity (Wildman–Crippen MR) is 164 cm³/mol. The number of ether oxygens (including phenoxy) is 2. The molecule has 0 aliphatic heterocycles. The minimum Gasteiger partial charge on any atom is -0.508 e. The van der Waals surface area contributed by atoms with Crippen LogP contribution in [0.4, 0.5) is 10.5 Å². The van der Waals surface area contributed by atoms with Gasteiger partial charge in [-0.1, -0.05) is 36.4 Å². The first kappa shape index (κ1) is 32.5. The first-order valence-electron chi connectivity index (χ1n) is 13.7. The van der Waals surface area contributed by atoms with Crippen LogP contribution in [-0.4, -0.2) is 58.3 Å². The van der Waals surface area contributed by atoms with Gasteiger partial charge in [-0.15, -0.1) is 6.58 Å². The van der Waals surface area contributed by atoms with Crippen molar-refractivity contribution in [2.24, 2.45) is 0 Å². The Hall–Kier alpha value is -4.99. The van der Waals surface area contributed by atoms with E-state index in [0.29, 0.717) is 22.6 Å². The Morgan fingerprint density at radius 3 is 2.23 bits per heavy atom. The number of para-hydroxylation sites is 1. The van der Waals surface area contributed by atoms with Crippen LogP contribution in [0.1, 0.15) is 43.5 Å². The molecule has 2 atom stereocenters. The van der Waals surface area contributed by atoms with Crippen LogP contribution >= 0.6 is 0 Å².